The maximum atomic E-state index is 5.32. The van der Waals surface area contributed by atoms with Gasteiger partial charge in [0.25, 0.3) is 0 Å². The smallest absolute Gasteiger partial charge is 0.138 e. The van der Waals surface area contributed by atoms with Gasteiger partial charge in [0.05, 0.1) is 12.0 Å². The molecule has 0 saturated carbocycles. The lowest BCUT2D eigenvalue weighted by atomic mass is 10.1. The van der Waals surface area contributed by atoms with Crippen molar-refractivity contribution in [2.24, 2.45) is 0 Å². The van der Waals surface area contributed by atoms with Crippen LogP contribution in [0, 0.1) is 0 Å². The molecule has 0 N–H and O–H groups in total. The normalized spacial score (nSPS) is 10.5. The van der Waals surface area contributed by atoms with Crippen LogP contribution in [-0.4, -0.2) is 14.8 Å². The van der Waals surface area contributed by atoms with E-state index in [2.05, 4.69) is 10.1 Å². The fourth-order valence-corrected chi connectivity index (χ4v) is 1.56. The molecule has 0 spiro atoms. The van der Waals surface area contributed by atoms with Crippen molar-refractivity contribution in [3.8, 4) is 17.0 Å². The van der Waals surface area contributed by atoms with Gasteiger partial charge in [-0.05, 0) is 36.4 Å². The van der Waals surface area contributed by atoms with Crippen molar-refractivity contribution in [1.29, 1.82) is 0 Å². The van der Waals surface area contributed by atoms with Crippen LogP contribution in [0.4, 0.5) is 0 Å². The Balaban J connectivity index is 1.97. The fraction of sp³-hybridized carbons (Fsp3) is 0. The zero-order chi connectivity index (χ0) is 10.8. The first-order valence-electron chi connectivity index (χ1n) is 4.92. The third-order valence-electron chi connectivity index (χ3n) is 2.36. The van der Waals surface area contributed by atoms with E-state index in [1.807, 2.05) is 36.4 Å². The Kier molecular flexibility index (Phi) is 2.04. The standard InChI is InChI=1S/C12H9N3O/c1-2-12(16-7-1)10-3-5-11(6-4-10)15-9-13-8-14-15/h1-9H. The summed E-state index contributed by atoms with van der Waals surface area (Å²) < 4.78 is 7.03. The molecule has 4 heteroatoms. The van der Waals surface area contributed by atoms with Crippen LogP contribution in [0.3, 0.4) is 0 Å². The molecule has 16 heavy (non-hydrogen) atoms. The zero-order valence-corrected chi connectivity index (χ0v) is 8.45. The largest absolute Gasteiger partial charge is 0.464 e. The Morgan fingerprint density at radius 3 is 2.56 bits per heavy atom. The molecule has 1 aromatic carbocycles. The maximum Gasteiger partial charge on any atom is 0.138 e. The van der Waals surface area contributed by atoms with Gasteiger partial charge in [-0.1, -0.05) is 0 Å². The van der Waals surface area contributed by atoms with E-state index in [1.54, 1.807) is 17.3 Å². The minimum absolute atomic E-state index is 0.866. The van der Waals surface area contributed by atoms with Crippen molar-refractivity contribution in [3.63, 3.8) is 0 Å². The molecule has 3 rings (SSSR count). The topological polar surface area (TPSA) is 43.9 Å². The molecule has 0 fully saturated rings. The fourth-order valence-electron chi connectivity index (χ4n) is 1.56. The van der Waals surface area contributed by atoms with Crippen LogP contribution in [0.2, 0.25) is 0 Å². The summed E-state index contributed by atoms with van der Waals surface area (Å²) in [4.78, 5) is 3.90. The van der Waals surface area contributed by atoms with Gasteiger partial charge in [0.1, 0.15) is 18.4 Å². The van der Waals surface area contributed by atoms with Gasteiger partial charge < -0.3 is 4.42 Å². The highest BCUT2D eigenvalue weighted by atomic mass is 16.3. The summed E-state index contributed by atoms with van der Waals surface area (Å²) in [6.07, 6.45) is 4.85. The van der Waals surface area contributed by atoms with Gasteiger partial charge in [0, 0.05) is 5.56 Å². The molecule has 0 unspecified atom stereocenters. The van der Waals surface area contributed by atoms with Gasteiger partial charge in [-0.15, -0.1) is 0 Å². The van der Waals surface area contributed by atoms with E-state index in [0.29, 0.717) is 0 Å². The Hall–Kier alpha value is -2.36. The van der Waals surface area contributed by atoms with Gasteiger partial charge in [0.15, 0.2) is 0 Å². The highest BCUT2D eigenvalue weighted by Gasteiger charge is 2.01. The average molecular weight is 211 g/mol. The average Bonchev–Trinajstić information content (AvgIpc) is 3.03. The molecule has 0 aliphatic rings. The first-order valence-corrected chi connectivity index (χ1v) is 4.92. The van der Waals surface area contributed by atoms with E-state index < -0.39 is 0 Å². The summed E-state index contributed by atoms with van der Waals surface area (Å²) >= 11 is 0. The second-order valence-corrected chi connectivity index (χ2v) is 3.36. The number of nitrogens with zero attached hydrogens (tertiary/aromatic N) is 3. The van der Waals surface area contributed by atoms with Crippen LogP contribution in [-0.2, 0) is 0 Å². The molecular weight excluding hydrogens is 202 g/mol. The van der Waals surface area contributed by atoms with E-state index in [9.17, 15) is 0 Å². The second-order valence-electron chi connectivity index (χ2n) is 3.36. The minimum atomic E-state index is 0.866. The third-order valence-corrected chi connectivity index (χ3v) is 2.36. The first kappa shape index (κ1) is 8.91. The molecule has 0 aliphatic heterocycles. The quantitative estimate of drug-likeness (QED) is 0.654. The summed E-state index contributed by atoms with van der Waals surface area (Å²) in [7, 11) is 0. The number of aromatic nitrogens is 3. The van der Waals surface area contributed by atoms with Crippen molar-refractivity contribution in [1.82, 2.24) is 14.8 Å². The molecule has 0 radical (unpaired) electrons. The molecule has 78 valence electrons. The summed E-state index contributed by atoms with van der Waals surface area (Å²) in [5.74, 6) is 0.866. The van der Waals surface area contributed by atoms with Crippen molar-refractivity contribution in [2.75, 3.05) is 0 Å². The Bertz CT molecular complexity index is 500. The molecule has 0 saturated heterocycles. The summed E-state index contributed by atoms with van der Waals surface area (Å²) in [5.41, 5.74) is 2.03. The SMILES string of the molecule is c1coc(-c2ccc(-n3cncn3)cc2)c1. The highest BCUT2D eigenvalue weighted by Crippen LogP contribution is 2.20. The molecule has 0 bridgehead atoms. The minimum Gasteiger partial charge on any atom is -0.464 e. The predicted octanol–water partition coefficient (Wildman–Crippen LogP) is 2.53. The van der Waals surface area contributed by atoms with Crippen molar-refractivity contribution in [3.05, 3.63) is 55.3 Å². The third kappa shape index (κ3) is 1.50. The van der Waals surface area contributed by atoms with Crippen LogP contribution in [0.1, 0.15) is 0 Å². The summed E-state index contributed by atoms with van der Waals surface area (Å²) in [5, 5.41) is 4.06. The van der Waals surface area contributed by atoms with Crippen LogP contribution in [0.5, 0.6) is 0 Å². The predicted molar refractivity (Wildman–Crippen MR) is 59.1 cm³/mol. The van der Waals surface area contributed by atoms with Crippen molar-refractivity contribution >= 4 is 0 Å². The Labute approximate surface area is 92.2 Å². The van der Waals surface area contributed by atoms with E-state index in [4.69, 9.17) is 4.42 Å². The summed E-state index contributed by atoms with van der Waals surface area (Å²) in [6, 6.07) is 11.8. The van der Waals surface area contributed by atoms with Crippen LogP contribution >= 0.6 is 0 Å². The number of hydrogen-bond acceptors (Lipinski definition) is 3. The summed E-state index contributed by atoms with van der Waals surface area (Å²) in [6.45, 7) is 0. The van der Waals surface area contributed by atoms with Gasteiger partial charge in [-0.25, -0.2) is 9.67 Å². The van der Waals surface area contributed by atoms with Crippen molar-refractivity contribution in [2.45, 2.75) is 0 Å². The van der Waals surface area contributed by atoms with Gasteiger partial charge in [-0.2, -0.15) is 5.10 Å². The molecule has 0 amide bonds. The van der Waals surface area contributed by atoms with E-state index in [1.165, 1.54) is 6.33 Å². The number of hydrogen-bond donors (Lipinski definition) is 0. The lowest BCUT2D eigenvalue weighted by molar-refractivity contribution is 0.582. The van der Waals surface area contributed by atoms with Gasteiger partial charge >= 0.3 is 0 Å². The number of rotatable bonds is 2. The lowest BCUT2D eigenvalue weighted by Gasteiger charge is -2.01. The first-order chi connectivity index (χ1) is 7.93. The Morgan fingerprint density at radius 1 is 1.06 bits per heavy atom. The van der Waals surface area contributed by atoms with E-state index in [-0.39, 0.29) is 0 Å². The molecule has 0 atom stereocenters. The number of furan rings is 1. The van der Waals surface area contributed by atoms with Crippen LogP contribution in [0.15, 0.2) is 59.7 Å². The zero-order valence-electron chi connectivity index (χ0n) is 8.45. The monoisotopic (exact) mass is 211 g/mol. The van der Waals surface area contributed by atoms with Gasteiger partial charge in [0.2, 0.25) is 0 Å². The van der Waals surface area contributed by atoms with Crippen molar-refractivity contribution < 1.29 is 4.42 Å². The van der Waals surface area contributed by atoms with E-state index in [0.717, 1.165) is 17.0 Å². The molecular formula is C12H9N3O. The molecule has 2 heterocycles. The highest BCUT2D eigenvalue weighted by molar-refractivity contribution is 5.58. The maximum absolute atomic E-state index is 5.32. The van der Waals surface area contributed by atoms with Crippen LogP contribution in [0.25, 0.3) is 17.0 Å². The lowest BCUT2D eigenvalue weighted by Crippen LogP contribution is -1.93. The second kappa shape index (κ2) is 3.66. The van der Waals surface area contributed by atoms with Gasteiger partial charge in [-0.3, -0.25) is 0 Å². The van der Waals surface area contributed by atoms with E-state index >= 15 is 0 Å². The molecule has 4 nitrogen and oxygen atoms in total. The molecule has 0 aliphatic carbocycles. The molecule has 2 aromatic heterocycles. The van der Waals surface area contributed by atoms with Crippen LogP contribution < -0.4 is 0 Å². The number of benzene rings is 1. The molecule has 3 aromatic rings. The Morgan fingerprint density at radius 2 is 1.94 bits per heavy atom.